The molecule has 0 aliphatic carbocycles. The Bertz CT molecular complexity index is 693. The number of benzene rings is 1. The molecule has 0 saturated carbocycles. The van der Waals surface area contributed by atoms with E-state index >= 15 is 0 Å². The summed E-state index contributed by atoms with van der Waals surface area (Å²) >= 11 is 1.70. The standard InChI is InChI=1S/C17H22F2N4S/c1-11-12(2)24-15(23-11)8-10-22-17(20-3)21-9-7-13-5-4-6-14(18)16(13)19/h4-6H,7-10H2,1-3H3,(H2,20,21,22). The SMILES string of the molecule is CN=C(NCCc1nc(C)c(C)s1)NCCc1cccc(F)c1F. The van der Waals surface area contributed by atoms with Crippen molar-refractivity contribution < 1.29 is 8.78 Å². The number of aliphatic imine (C=N–C) groups is 1. The summed E-state index contributed by atoms with van der Waals surface area (Å²) in [6.45, 7) is 5.25. The molecule has 0 spiro atoms. The Morgan fingerprint density at radius 2 is 1.88 bits per heavy atom. The maximum atomic E-state index is 13.6. The first-order valence-electron chi connectivity index (χ1n) is 7.81. The molecule has 0 amide bonds. The molecule has 0 radical (unpaired) electrons. The van der Waals surface area contributed by atoms with Crippen LogP contribution in [0.5, 0.6) is 0 Å². The van der Waals surface area contributed by atoms with E-state index in [2.05, 4.69) is 27.5 Å². The van der Waals surface area contributed by atoms with Gasteiger partial charge in [-0.3, -0.25) is 4.99 Å². The van der Waals surface area contributed by atoms with Gasteiger partial charge in [-0.2, -0.15) is 0 Å². The normalized spacial score (nSPS) is 11.6. The molecule has 130 valence electrons. The van der Waals surface area contributed by atoms with E-state index in [4.69, 9.17) is 0 Å². The van der Waals surface area contributed by atoms with Crippen molar-refractivity contribution in [1.29, 1.82) is 0 Å². The zero-order valence-electron chi connectivity index (χ0n) is 14.1. The molecule has 0 unspecified atom stereocenters. The fraction of sp³-hybridized carbons (Fsp3) is 0.412. The van der Waals surface area contributed by atoms with Crippen LogP contribution in [0.4, 0.5) is 8.78 Å². The van der Waals surface area contributed by atoms with Crippen molar-refractivity contribution >= 4 is 17.3 Å². The summed E-state index contributed by atoms with van der Waals surface area (Å²) in [5.41, 5.74) is 1.43. The number of guanidine groups is 1. The zero-order chi connectivity index (χ0) is 17.5. The zero-order valence-corrected chi connectivity index (χ0v) is 14.9. The minimum atomic E-state index is -0.816. The highest BCUT2D eigenvalue weighted by Gasteiger charge is 2.08. The lowest BCUT2D eigenvalue weighted by molar-refractivity contribution is 0.498. The molecule has 7 heteroatoms. The molecule has 0 aliphatic heterocycles. The topological polar surface area (TPSA) is 49.3 Å². The van der Waals surface area contributed by atoms with Gasteiger partial charge in [0.1, 0.15) is 0 Å². The maximum Gasteiger partial charge on any atom is 0.191 e. The van der Waals surface area contributed by atoms with E-state index in [0.29, 0.717) is 31.0 Å². The Hall–Kier alpha value is -2.02. The van der Waals surface area contributed by atoms with Crippen LogP contribution >= 0.6 is 11.3 Å². The predicted octanol–water partition coefficient (Wildman–Crippen LogP) is 2.99. The fourth-order valence-corrected chi connectivity index (χ4v) is 3.15. The lowest BCUT2D eigenvalue weighted by Crippen LogP contribution is -2.39. The quantitative estimate of drug-likeness (QED) is 0.621. The van der Waals surface area contributed by atoms with Gasteiger partial charge in [0.05, 0.1) is 10.7 Å². The molecule has 4 nitrogen and oxygen atoms in total. The van der Waals surface area contributed by atoms with E-state index in [0.717, 1.165) is 23.2 Å². The molecule has 2 N–H and O–H groups in total. The van der Waals surface area contributed by atoms with Crippen LogP contribution in [0.2, 0.25) is 0 Å². The van der Waals surface area contributed by atoms with Crippen molar-refractivity contribution in [2.45, 2.75) is 26.7 Å². The van der Waals surface area contributed by atoms with Gasteiger partial charge in [-0.25, -0.2) is 13.8 Å². The molecule has 1 aromatic carbocycles. The van der Waals surface area contributed by atoms with Crippen molar-refractivity contribution in [2.75, 3.05) is 20.1 Å². The van der Waals surface area contributed by atoms with E-state index in [-0.39, 0.29) is 0 Å². The first-order chi connectivity index (χ1) is 11.5. The van der Waals surface area contributed by atoms with E-state index in [1.165, 1.54) is 10.9 Å². The van der Waals surface area contributed by atoms with Crippen LogP contribution in [0.1, 0.15) is 21.1 Å². The summed E-state index contributed by atoms with van der Waals surface area (Å²) < 4.78 is 26.7. The summed E-state index contributed by atoms with van der Waals surface area (Å²) in [5.74, 6) is -0.961. The van der Waals surface area contributed by atoms with Crippen molar-refractivity contribution in [1.82, 2.24) is 15.6 Å². The number of aromatic nitrogens is 1. The second kappa shape index (κ2) is 8.73. The summed E-state index contributed by atoms with van der Waals surface area (Å²) in [7, 11) is 1.68. The molecule has 2 rings (SSSR count). The van der Waals surface area contributed by atoms with Gasteiger partial charge in [-0.15, -0.1) is 11.3 Å². The molecule has 0 bridgehead atoms. The summed E-state index contributed by atoms with van der Waals surface area (Å²) in [6.07, 6.45) is 1.20. The third-order valence-electron chi connectivity index (χ3n) is 3.65. The average molecular weight is 352 g/mol. The highest BCUT2D eigenvalue weighted by atomic mass is 32.1. The third-order valence-corrected chi connectivity index (χ3v) is 4.78. The Morgan fingerprint density at radius 1 is 1.17 bits per heavy atom. The van der Waals surface area contributed by atoms with Crippen LogP contribution in [0.3, 0.4) is 0 Å². The van der Waals surface area contributed by atoms with Gasteiger partial charge in [-0.05, 0) is 31.9 Å². The Kier molecular flexibility index (Phi) is 6.66. The molecule has 0 saturated heterocycles. The Morgan fingerprint density at radius 3 is 2.50 bits per heavy atom. The molecule has 2 aromatic rings. The van der Waals surface area contributed by atoms with Crippen LogP contribution in [0.15, 0.2) is 23.2 Å². The number of thiazole rings is 1. The lowest BCUT2D eigenvalue weighted by Gasteiger charge is -2.11. The Labute approximate surface area is 145 Å². The predicted molar refractivity (Wildman–Crippen MR) is 94.7 cm³/mol. The minimum Gasteiger partial charge on any atom is -0.356 e. The van der Waals surface area contributed by atoms with Gasteiger partial charge in [0.25, 0.3) is 0 Å². The van der Waals surface area contributed by atoms with Gasteiger partial charge in [0, 0.05) is 31.4 Å². The summed E-state index contributed by atoms with van der Waals surface area (Å²) in [6, 6.07) is 4.22. The molecule has 0 fully saturated rings. The molecule has 1 aromatic heterocycles. The molecule has 0 aliphatic rings. The van der Waals surface area contributed by atoms with Crippen molar-refractivity contribution in [3.63, 3.8) is 0 Å². The first kappa shape index (κ1) is 18.3. The van der Waals surface area contributed by atoms with Gasteiger partial charge in [0.2, 0.25) is 0 Å². The van der Waals surface area contributed by atoms with Crippen LogP contribution in [0.25, 0.3) is 0 Å². The second-order valence-corrected chi connectivity index (χ2v) is 6.68. The van der Waals surface area contributed by atoms with Crippen LogP contribution < -0.4 is 10.6 Å². The van der Waals surface area contributed by atoms with Crippen molar-refractivity contribution in [3.05, 3.63) is 51.0 Å². The van der Waals surface area contributed by atoms with E-state index in [9.17, 15) is 8.78 Å². The molecular weight excluding hydrogens is 330 g/mol. The van der Waals surface area contributed by atoms with Gasteiger partial charge in [0.15, 0.2) is 17.6 Å². The summed E-state index contributed by atoms with van der Waals surface area (Å²) in [4.78, 5) is 9.86. The van der Waals surface area contributed by atoms with Gasteiger partial charge < -0.3 is 10.6 Å². The van der Waals surface area contributed by atoms with Crippen molar-refractivity contribution in [2.24, 2.45) is 4.99 Å². The van der Waals surface area contributed by atoms with Crippen LogP contribution in [-0.4, -0.2) is 31.1 Å². The fourth-order valence-electron chi connectivity index (χ4n) is 2.21. The highest BCUT2D eigenvalue weighted by molar-refractivity contribution is 7.11. The maximum absolute atomic E-state index is 13.6. The highest BCUT2D eigenvalue weighted by Crippen LogP contribution is 2.16. The van der Waals surface area contributed by atoms with Crippen LogP contribution in [0, 0.1) is 25.5 Å². The van der Waals surface area contributed by atoms with Crippen molar-refractivity contribution in [3.8, 4) is 0 Å². The third kappa shape index (κ3) is 4.99. The number of aryl methyl sites for hydroxylation is 2. The summed E-state index contributed by atoms with van der Waals surface area (Å²) in [5, 5.41) is 7.39. The van der Waals surface area contributed by atoms with Gasteiger partial charge in [-0.1, -0.05) is 12.1 Å². The second-order valence-electron chi connectivity index (χ2n) is 5.39. The van der Waals surface area contributed by atoms with Gasteiger partial charge >= 0.3 is 0 Å². The first-order valence-corrected chi connectivity index (χ1v) is 8.63. The molecule has 24 heavy (non-hydrogen) atoms. The number of rotatable bonds is 6. The number of nitrogens with one attached hydrogen (secondary N) is 2. The number of hydrogen-bond donors (Lipinski definition) is 2. The number of halogens is 2. The average Bonchev–Trinajstić information content (AvgIpc) is 2.88. The van der Waals surface area contributed by atoms with E-state index in [1.807, 2.05) is 6.92 Å². The van der Waals surface area contributed by atoms with Crippen LogP contribution in [-0.2, 0) is 12.8 Å². The molecule has 0 atom stereocenters. The number of hydrogen-bond acceptors (Lipinski definition) is 3. The largest absolute Gasteiger partial charge is 0.356 e. The molecular formula is C17H22F2N4S. The monoisotopic (exact) mass is 352 g/mol. The number of nitrogens with zero attached hydrogens (tertiary/aromatic N) is 2. The van der Waals surface area contributed by atoms with E-state index in [1.54, 1.807) is 24.5 Å². The molecule has 1 heterocycles. The smallest absolute Gasteiger partial charge is 0.191 e. The lowest BCUT2D eigenvalue weighted by atomic mass is 10.1. The van der Waals surface area contributed by atoms with E-state index < -0.39 is 11.6 Å². The Balaban J connectivity index is 1.75. The minimum absolute atomic E-state index is 0.353.